The average molecular weight is 516 g/mol. The number of ether oxygens (including phenoxy) is 1. The first-order valence-corrected chi connectivity index (χ1v) is 13.3. The predicted molar refractivity (Wildman–Crippen MR) is 155 cm³/mol. The fourth-order valence-corrected chi connectivity index (χ4v) is 3.52. The number of hydrogen-bond acceptors (Lipinski definition) is 6. The summed E-state index contributed by atoms with van der Waals surface area (Å²) >= 11 is 0. The van der Waals surface area contributed by atoms with Crippen molar-refractivity contribution in [1.82, 2.24) is 5.32 Å². The number of imide groups is 1. The van der Waals surface area contributed by atoms with E-state index in [2.05, 4.69) is 36.8 Å². The van der Waals surface area contributed by atoms with Gasteiger partial charge in [0, 0.05) is 19.4 Å². The van der Waals surface area contributed by atoms with Crippen LogP contribution in [0.15, 0.2) is 29.4 Å². The Labute approximate surface area is 224 Å². The second-order valence-electron chi connectivity index (χ2n) is 9.29. The van der Waals surface area contributed by atoms with Crippen LogP contribution in [0.4, 0.5) is 11.4 Å². The molecule has 0 saturated carbocycles. The quantitative estimate of drug-likeness (QED) is 0.251. The normalized spacial score (nSPS) is 12.8. The number of anilines is 1. The van der Waals surface area contributed by atoms with E-state index in [0.29, 0.717) is 24.4 Å². The molecule has 1 atom stereocenters. The number of nitrogens with one attached hydrogen (secondary N) is 1. The molecule has 0 fully saturated rings. The van der Waals surface area contributed by atoms with Crippen molar-refractivity contribution < 1.29 is 19.1 Å². The van der Waals surface area contributed by atoms with E-state index in [9.17, 15) is 14.4 Å². The van der Waals surface area contributed by atoms with E-state index in [0.717, 1.165) is 48.9 Å². The van der Waals surface area contributed by atoms with Gasteiger partial charge in [-0.05, 0) is 63.3 Å². The number of benzene rings is 1. The molecule has 37 heavy (non-hydrogen) atoms. The number of esters is 1. The molecule has 0 spiro atoms. The van der Waals surface area contributed by atoms with E-state index < -0.39 is 5.91 Å². The Morgan fingerprint density at radius 1 is 1.03 bits per heavy atom. The Hall–Kier alpha value is -2.96. The molecule has 208 valence electrons. The zero-order chi connectivity index (χ0) is 27.3. The van der Waals surface area contributed by atoms with Crippen molar-refractivity contribution in [3.63, 3.8) is 0 Å². The van der Waals surface area contributed by atoms with Crippen molar-refractivity contribution >= 4 is 34.9 Å². The molecule has 1 aliphatic rings. The van der Waals surface area contributed by atoms with Crippen molar-refractivity contribution in [2.24, 2.45) is 4.99 Å². The molecule has 1 aromatic carbocycles. The molecular formula is C30H49N3O4. The van der Waals surface area contributed by atoms with Gasteiger partial charge in [0.15, 0.2) is 5.71 Å². The molecule has 1 unspecified atom stereocenters. The topological polar surface area (TPSA) is 88.1 Å². The lowest BCUT2D eigenvalue weighted by Crippen LogP contribution is -2.41. The van der Waals surface area contributed by atoms with Crippen LogP contribution in [-0.2, 0) is 19.1 Å². The van der Waals surface area contributed by atoms with Crippen LogP contribution in [0.2, 0.25) is 0 Å². The van der Waals surface area contributed by atoms with Crippen LogP contribution in [0.25, 0.3) is 0 Å². The number of fused-ring (bicyclic) bond motifs is 1. The molecule has 0 aliphatic carbocycles. The summed E-state index contributed by atoms with van der Waals surface area (Å²) < 4.78 is 5.31. The van der Waals surface area contributed by atoms with Gasteiger partial charge in [0.05, 0.1) is 23.2 Å². The largest absolute Gasteiger partial charge is 0.463 e. The van der Waals surface area contributed by atoms with Crippen LogP contribution in [0.3, 0.4) is 0 Å². The number of aliphatic imine (C=N–C) groups is 1. The maximum absolute atomic E-state index is 12.7. The third-order valence-corrected chi connectivity index (χ3v) is 5.92. The number of hydrogen-bond donors (Lipinski definition) is 1. The highest BCUT2D eigenvalue weighted by molar-refractivity contribution is 6.48. The minimum Gasteiger partial charge on any atom is -0.463 e. The lowest BCUT2D eigenvalue weighted by molar-refractivity contribution is -0.148. The SMILES string of the molecule is C.C=C1C(C(=O)NC(=O)CC)=Nc2cc(C)c(C)cc2N1CCCCCCC(=O)OC(C)CC.CCC. The summed E-state index contributed by atoms with van der Waals surface area (Å²) in [6.45, 7) is 18.7. The molecular weight excluding hydrogens is 466 g/mol. The lowest BCUT2D eigenvalue weighted by atomic mass is 10.0. The van der Waals surface area contributed by atoms with Crippen LogP contribution >= 0.6 is 0 Å². The minimum absolute atomic E-state index is 0. The lowest BCUT2D eigenvalue weighted by Gasteiger charge is -2.32. The molecule has 7 nitrogen and oxygen atoms in total. The number of aryl methyl sites for hydroxylation is 2. The second-order valence-corrected chi connectivity index (χ2v) is 9.29. The molecule has 1 N–H and O–H groups in total. The van der Waals surface area contributed by atoms with Crippen LogP contribution in [0.5, 0.6) is 0 Å². The standard InChI is InChI=1S/C26H37N3O4.C3H8.CH4/c1-7-19(5)33-24(31)13-11-9-10-12-14-29-20(6)25(26(32)28-23(30)8-2)27-21-15-17(3)18(4)16-22(21)29;1-3-2;/h15-16,19H,6-14H2,1-5H3,(H,28,30,32);3H2,1-2H3;1H4. The van der Waals surface area contributed by atoms with Crippen molar-refractivity contribution in [3.8, 4) is 0 Å². The first-order valence-electron chi connectivity index (χ1n) is 13.3. The fourth-order valence-electron chi connectivity index (χ4n) is 3.52. The Bertz CT molecular complexity index is 952. The highest BCUT2D eigenvalue weighted by Crippen LogP contribution is 2.38. The summed E-state index contributed by atoms with van der Waals surface area (Å²) in [5, 5.41) is 2.38. The zero-order valence-electron chi connectivity index (χ0n) is 23.3. The Morgan fingerprint density at radius 2 is 1.62 bits per heavy atom. The minimum atomic E-state index is -0.527. The van der Waals surface area contributed by atoms with E-state index in [-0.39, 0.29) is 37.5 Å². The third kappa shape index (κ3) is 10.9. The summed E-state index contributed by atoms with van der Waals surface area (Å²) in [5.41, 5.74) is 4.49. The van der Waals surface area contributed by atoms with E-state index >= 15 is 0 Å². The third-order valence-electron chi connectivity index (χ3n) is 5.92. The number of unbranched alkanes of at least 4 members (excludes halogenated alkanes) is 3. The number of nitrogens with zero attached hydrogens (tertiary/aromatic N) is 2. The molecule has 1 aromatic rings. The molecule has 1 heterocycles. The summed E-state index contributed by atoms with van der Waals surface area (Å²) in [5.74, 6) is -1.01. The molecule has 0 bridgehead atoms. The summed E-state index contributed by atoms with van der Waals surface area (Å²) in [6.07, 6.45) is 6.21. The van der Waals surface area contributed by atoms with Gasteiger partial charge in [-0.3, -0.25) is 19.7 Å². The van der Waals surface area contributed by atoms with Gasteiger partial charge < -0.3 is 9.64 Å². The number of rotatable bonds is 11. The molecule has 2 rings (SSSR count). The molecule has 0 aromatic heterocycles. The maximum Gasteiger partial charge on any atom is 0.306 e. The van der Waals surface area contributed by atoms with Gasteiger partial charge in [-0.25, -0.2) is 4.99 Å². The van der Waals surface area contributed by atoms with Gasteiger partial charge in [-0.15, -0.1) is 0 Å². The van der Waals surface area contributed by atoms with Crippen LogP contribution in [0.1, 0.15) is 105 Å². The molecule has 0 saturated heterocycles. The van der Waals surface area contributed by atoms with Gasteiger partial charge in [-0.2, -0.15) is 0 Å². The highest BCUT2D eigenvalue weighted by atomic mass is 16.5. The Kier molecular flexibility index (Phi) is 16.1. The smallest absolute Gasteiger partial charge is 0.306 e. The number of carbonyl (C=O) groups is 3. The average Bonchev–Trinajstić information content (AvgIpc) is 2.83. The first kappa shape index (κ1) is 34.0. The van der Waals surface area contributed by atoms with Gasteiger partial charge in [-0.1, -0.05) is 61.0 Å². The molecule has 1 aliphatic heterocycles. The zero-order valence-corrected chi connectivity index (χ0v) is 23.3. The van der Waals surface area contributed by atoms with E-state index in [4.69, 9.17) is 4.74 Å². The maximum atomic E-state index is 12.7. The second kappa shape index (κ2) is 17.5. The van der Waals surface area contributed by atoms with Crippen LogP contribution < -0.4 is 10.2 Å². The number of carbonyl (C=O) groups excluding carboxylic acids is 3. The summed E-state index contributed by atoms with van der Waals surface area (Å²) in [6, 6.07) is 4.03. The molecule has 0 radical (unpaired) electrons. The van der Waals surface area contributed by atoms with Crippen molar-refractivity contribution in [2.45, 2.75) is 113 Å². The summed E-state index contributed by atoms with van der Waals surface area (Å²) in [7, 11) is 0. The molecule has 7 heteroatoms. The van der Waals surface area contributed by atoms with Crippen molar-refractivity contribution in [1.29, 1.82) is 0 Å². The monoisotopic (exact) mass is 515 g/mol. The van der Waals surface area contributed by atoms with Crippen molar-refractivity contribution in [3.05, 3.63) is 35.5 Å². The first-order chi connectivity index (χ1) is 17.1. The Balaban J connectivity index is 0.00000308. The van der Waals surface area contributed by atoms with Crippen LogP contribution in [-0.4, -0.2) is 36.1 Å². The fraction of sp³-hybridized carbons (Fsp3) is 0.600. The van der Waals surface area contributed by atoms with Crippen molar-refractivity contribution in [2.75, 3.05) is 11.4 Å². The highest BCUT2D eigenvalue weighted by Gasteiger charge is 2.28. The van der Waals surface area contributed by atoms with Gasteiger partial charge in [0.25, 0.3) is 5.91 Å². The van der Waals surface area contributed by atoms with E-state index in [1.54, 1.807) is 6.92 Å². The predicted octanol–water partition coefficient (Wildman–Crippen LogP) is 7.11. The van der Waals surface area contributed by atoms with Gasteiger partial charge in [0.1, 0.15) is 0 Å². The van der Waals surface area contributed by atoms with Gasteiger partial charge in [0.2, 0.25) is 5.91 Å². The van der Waals surface area contributed by atoms with E-state index in [1.165, 1.54) is 6.42 Å². The Morgan fingerprint density at radius 3 is 2.22 bits per heavy atom. The van der Waals surface area contributed by atoms with Gasteiger partial charge >= 0.3 is 5.97 Å². The summed E-state index contributed by atoms with van der Waals surface area (Å²) in [4.78, 5) is 42.8. The van der Waals surface area contributed by atoms with Crippen LogP contribution in [0, 0.1) is 13.8 Å². The van der Waals surface area contributed by atoms with E-state index in [1.807, 2.05) is 38.7 Å². The number of amides is 2. The molecule has 2 amide bonds.